The number of fused-ring (bicyclic) bond motifs is 2. The summed E-state index contributed by atoms with van der Waals surface area (Å²) < 4.78 is 55.6. The Balaban J connectivity index is 1.47. The molecule has 5 heteroatoms. The number of benzene rings is 2. The predicted molar refractivity (Wildman–Crippen MR) is 115 cm³/mol. The van der Waals surface area contributed by atoms with Crippen molar-refractivity contribution in [2.75, 3.05) is 6.61 Å². The Bertz CT molecular complexity index is 933. The minimum Gasteiger partial charge on any atom is -0.450 e. The normalized spacial score (nSPS) is 20.2. The fourth-order valence-electron chi connectivity index (χ4n) is 4.98. The van der Waals surface area contributed by atoms with E-state index in [-0.39, 0.29) is 11.5 Å². The molecule has 1 heterocycles. The fraction of sp³-hybridized carbons (Fsp3) is 0.538. The van der Waals surface area contributed by atoms with E-state index in [1.807, 2.05) is 26.0 Å². The van der Waals surface area contributed by atoms with Crippen LogP contribution in [0.1, 0.15) is 74.6 Å². The molecule has 0 atom stereocenters. The van der Waals surface area contributed by atoms with Gasteiger partial charge in [0.1, 0.15) is 0 Å². The number of ether oxygens (including phenoxy) is 2. The molecule has 1 fully saturated rings. The zero-order valence-electron chi connectivity index (χ0n) is 18.4. The van der Waals surface area contributed by atoms with Crippen LogP contribution in [-0.4, -0.2) is 12.7 Å². The van der Waals surface area contributed by atoms with Gasteiger partial charge in [0.25, 0.3) is 0 Å². The van der Waals surface area contributed by atoms with Crippen LogP contribution >= 0.6 is 0 Å². The van der Waals surface area contributed by atoms with Gasteiger partial charge in [0.15, 0.2) is 23.1 Å². The van der Waals surface area contributed by atoms with Crippen molar-refractivity contribution in [1.29, 1.82) is 0 Å². The van der Waals surface area contributed by atoms with E-state index in [0.29, 0.717) is 53.5 Å². The van der Waals surface area contributed by atoms with Crippen molar-refractivity contribution in [2.24, 2.45) is 5.92 Å². The lowest BCUT2D eigenvalue weighted by atomic mass is 9.83. The molecule has 1 aliphatic heterocycles. The molecule has 0 amide bonds. The number of hydrogen-bond acceptors (Lipinski definition) is 2. The largest absolute Gasteiger partial charge is 0.450 e. The van der Waals surface area contributed by atoms with Gasteiger partial charge in [-0.2, -0.15) is 4.39 Å². The van der Waals surface area contributed by atoms with E-state index >= 15 is 4.39 Å². The van der Waals surface area contributed by atoms with Crippen LogP contribution in [0.25, 0.3) is 0 Å². The van der Waals surface area contributed by atoms with E-state index in [1.165, 1.54) is 0 Å². The zero-order valence-corrected chi connectivity index (χ0v) is 18.4. The standard InChI is InChI=1S/C26H31F3O2/c1-3-5-18-14-20-15-19-11-10-17(9-6-16-7-12-21(13-8-16)30-4-2)23(28)25(19)31-26(20)24(29)22(18)27/h10-11,14,16,21H,3-9,12-13,15H2,1-2H3. The van der Waals surface area contributed by atoms with Crippen molar-refractivity contribution in [3.05, 3.63) is 57.9 Å². The van der Waals surface area contributed by atoms with Crippen molar-refractivity contribution in [1.82, 2.24) is 0 Å². The number of halogens is 3. The van der Waals surface area contributed by atoms with E-state index in [1.54, 1.807) is 6.07 Å². The summed E-state index contributed by atoms with van der Waals surface area (Å²) in [7, 11) is 0. The predicted octanol–water partition coefficient (Wildman–Crippen LogP) is 7.28. The van der Waals surface area contributed by atoms with Gasteiger partial charge in [0.2, 0.25) is 5.82 Å². The Morgan fingerprint density at radius 1 is 0.871 bits per heavy atom. The summed E-state index contributed by atoms with van der Waals surface area (Å²) in [6, 6.07) is 5.34. The maximum Gasteiger partial charge on any atom is 0.201 e. The highest BCUT2D eigenvalue weighted by Crippen LogP contribution is 2.42. The van der Waals surface area contributed by atoms with Crippen molar-refractivity contribution < 1.29 is 22.6 Å². The lowest BCUT2D eigenvalue weighted by Gasteiger charge is -2.28. The molecule has 2 aromatic rings. The van der Waals surface area contributed by atoms with Gasteiger partial charge >= 0.3 is 0 Å². The van der Waals surface area contributed by atoms with Gasteiger partial charge in [0, 0.05) is 24.2 Å². The van der Waals surface area contributed by atoms with E-state index in [9.17, 15) is 8.78 Å². The monoisotopic (exact) mass is 432 g/mol. The Kier molecular flexibility index (Phi) is 6.90. The molecular formula is C26H31F3O2. The molecule has 1 aliphatic carbocycles. The third kappa shape index (κ3) is 4.62. The highest BCUT2D eigenvalue weighted by molar-refractivity contribution is 5.53. The minimum absolute atomic E-state index is 0.0478. The fourth-order valence-corrected chi connectivity index (χ4v) is 4.98. The van der Waals surface area contributed by atoms with Crippen LogP contribution in [0.2, 0.25) is 0 Å². The Morgan fingerprint density at radius 2 is 1.61 bits per heavy atom. The molecule has 0 N–H and O–H groups in total. The SMILES string of the molecule is CCCc1cc2c(c(F)c1F)Oc1c(ccc(CCC3CCC(OCC)CC3)c1F)C2. The van der Waals surface area contributed by atoms with Crippen LogP contribution in [0.3, 0.4) is 0 Å². The van der Waals surface area contributed by atoms with Crippen molar-refractivity contribution in [3.8, 4) is 11.5 Å². The Labute approximate surface area is 182 Å². The molecule has 0 radical (unpaired) electrons. The second kappa shape index (κ2) is 9.64. The van der Waals surface area contributed by atoms with Crippen LogP contribution in [-0.2, 0) is 24.0 Å². The molecule has 168 valence electrons. The molecule has 0 aromatic heterocycles. The summed E-state index contributed by atoms with van der Waals surface area (Å²) in [6.45, 7) is 4.70. The second-order valence-electron chi connectivity index (χ2n) is 8.84. The lowest BCUT2D eigenvalue weighted by Crippen LogP contribution is -2.22. The molecule has 4 rings (SSSR count). The Morgan fingerprint density at radius 3 is 2.32 bits per heavy atom. The molecule has 2 aromatic carbocycles. The quantitative estimate of drug-likeness (QED) is 0.390. The number of rotatable bonds is 7. The average molecular weight is 433 g/mol. The first kappa shape index (κ1) is 22.2. The lowest BCUT2D eigenvalue weighted by molar-refractivity contribution is 0.0248. The van der Waals surface area contributed by atoms with Crippen molar-refractivity contribution >= 4 is 0 Å². The molecule has 0 spiro atoms. The third-order valence-corrected chi connectivity index (χ3v) is 6.70. The van der Waals surface area contributed by atoms with E-state index in [2.05, 4.69) is 0 Å². The average Bonchev–Trinajstić information content (AvgIpc) is 2.77. The molecule has 31 heavy (non-hydrogen) atoms. The maximum atomic E-state index is 15.2. The number of aryl methyl sites for hydroxylation is 2. The van der Waals surface area contributed by atoms with Crippen LogP contribution in [0, 0.1) is 23.4 Å². The summed E-state index contributed by atoms with van der Waals surface area (Å²) in [4.78, 5) is 0. The van der Waals surface area contributed by atoms with Crippen LogP contribution in [0.15, 0.2) is 18.2 Å². The van der Waals surface area contributed by atoms with E-state index < -0.39 is 17.5 Å². The summed E-state index contributed by atoms with van der Waals surface area (Å²) >= 11 is 0. The highest BCUT2D eigenvalue weighted by atomic mass is 19.2. The molecule has 0 unspecified atom stereocenters. The first-order chi connectivity index (χ1) is 15.0. The molecule has 2 aliphatic rings. The highest BCUT2D eigenvalue weighted by Gasteiger charge is 2.28. The van der Waals surface area contributed by atoms with Gasteiger partial charge in [-0.1, -0.05) is 25.5 Å². The molecule has 0 saturated heterocycles. The minimum atomic E-state index is -1.01. The van der Waals surface area contributed by atoms with E-state index in [0.717, 1.165) is 45.1 Å². The van der Waals surface area contributed by atoms with Gasteiger partial charge in [-0.15, -0.1) is 0 Å². The first-order valence-corrected chi connectivity index (χ1v) is 11.6. The summed E-state index contributed by atoms with van der Waals surface area (Å²) in [5.41, 5.74) is 2.19. The zero-order chi connectivity index (χ0) is 22.0. The molecule has 0 bridgehead atoms. The van der Waals surface area contributed by atoms with Gasteiger partial charge in [-0.05, 0) is 75.0 Å². The van der Waals surface area contributed by atoms with Gasteiger partial charge in [-0.3, -0.25) is 0 Å². The smallest absolute Gasteiger partial charge is 0.201 e. The van der Waals surface area contributed by atoms with Crippen LogP contribution in [0.5, 0.6) is 11.5 Å². The van der Waals surface area contributed by atoms with Crippen LogP contribution in [0.4, 0.5) is 13.2 Å². The van der Waals surface area contributed by atoms with Gasteiger partial charge < -0.3 is 9.47 Å². The Hall–Kier alpha value is -2.01. The van der Waals surface area contributed by atoms with Gasteiger partial charge in [-0.25, -0.2) is 8.78 Å². The van der Waals surface area contributed by atoms with E-state index in [4.69, 9.17) is 9.47 Å². The molecule has 2 nitrogen and oxygen atoms in total. The second-order valence-corrected chi connectivity index (χ2v) is 8.84. The maximum absolute atomic E-state index is 15.2. The summed E-state index contributed by atoms with van der Waals surface area (Å²) in [5, 5.41) is 0. The van der Waals surface area contributed by atoms with Crippen molar-refractivity contribution in [2.45, 2.75) is 77.7 Å². The third-order valence-electron chi connectivity index (χ3n) is 6.70. The van der Waals surface area contributed by atoms with Gasteiger partial charge in [0.05, 0.1) is 6.10 Å². The topological polar surface area (TPSA) is 18.5 Å². The van der Waals surface area contributed by atoms with Crippen LogP contribution < -0.4 is 4.74 Å². The first-order valence-electron chi connectivity index (χ1n) is 11.6. The molecular weight excluding hydrogens is 401 g/mol. The number of hydrogen-bond donors (Lipinski definition) is 0. The van der Waals surface area contributed by atoms with Crippen molar-refractivity contribution in [3.63, 3.8) is 0 Å². The molecule has 1 saturated carbocycles. The summed E-state index contributed by atoms with van der Waals surface area (Å²) in [6.07, 6.45) is 7.75. The summed E-state index contributed by atoms with van der Waals surface area (Å²) in [5.74, 6) is -1.90.